The van der Waals surface area contributed by atoms with Gasteiger partial charge in [0.25, 0.3) is 10.0 Å². The van der Waals surface area contributed by atoms with Crippen LogP contribution in [0.25, 0.3) is 0 Å². The van der Waals surface area contributed by atoms with Gasteiger partial charge >= 0.3 is 6.03 Å². The van der Waals surface area contributed by atoms with Crippen molar-refractivity contribution in [3.63, 3.8) is 0 Å². The molecular formula is C25H25FN4O4S. The van der Waals surface area contributed by atoms with Crippen LogP contribution in [0.15, 0.2) is 77.7 Å². The normalized spacial score (nSPS) is 13.3. The fraction of sp³-hybridized carbons (Fsp3) is 0.200. The van der Waals surface area contributed by atoms with E-state index in [4.69, 9.17) is 0 Å². The Hall–Kier alpha value is -3.92. The van der Waals surface area contributed by atoms with Crippen molar-refractivity contribution < 1.29 is 22.4 Å². The first-order valence-electron chi connectivity index (χ1n) is 11.1. The van der Waals surface area contributed by atoms with E-state index in [-0.39, 0.29) is 23.3 Å². The second-order valence-corrected chi connectivity index (χ2v) is 9.83. The molecule has 0 atom stereocenters. The zero-order valence-electron chi connectivity index (χ0n) is 18.8. The quantitative estimate of drug-likeness (QED) is 0.450. The monoisotopic (exact) mass is 496 g/mol. The minimum absolute atomic E-state index is 0.0550. The SMILES string of the molecule is O=C(Cc1ccc(NS(=O)(=O)c2ccc(F)cc2)cc1)Nc1ccccc1NC(=O)N1CCCC1. The number of carbonyl (C=O) groups is 2. The molecule has 3 N–H and O–H groups in total. The fourth-order valence-corrected chi connectivity index (χ4v) is 4.77. The molecule has 1 aliphatic heterocycles. The van der Waals surface area contributed by atoms with Gasteiger partial charge in [-0.05, 0) is 66.9 Å². The third-order valence-electron chi connectivity index (χ3n) is 5.53. The summed E-state index contributed by atoms with van der Waals surface area (Å²) in [5.74, 6) is -0.810. The van der Waals surface area contributed by atoms with Crippen molar-refractivity contribution >= 4 is 39.0 Å². The van der Waals surface area contributed by atoms with Crippen LogP contribution in [0.2, 0.25) is 0 Å². The van der Waals surface area contributed by atoms with E-state index in [1.165, 1.54) is 12.1 Å². The number of urea groups is 1. The van der Waals surface area contributed by atoms with E-state index < -0.39 is 15.8 Å². The summed E-state index contributed by atoms with van der Waals surface area (Å²) >= 11 is 0. The molecule has 35 heavy (non-hydrogen) atoms. The number of carbonyl (C=O) groups excluding carboxylic acids is 2. The van der Waals surface area contributed by atoms with E-state index in [2.05, 4.69) is 15.4 Å². The van der Waals surface area contributed by atoms with Crippen LogP contribution in [-0.4, -0.2) is 38.3 Å². The molecule has 8 nitrogen and oxygen atoms in total. The van der Waals surface area contributed by atoms with Crippen LogP contribution in [-0.2, 0) is 21.2 Å². The van der Waals surface area contributed by atoms with Gasteiger partial charge < -0.3 is 15.5 Å². The van der Waals surface area contributed by atoms with Crippen molar-refractivity contribution in [3.8, 4) is 0 Å². The molecule has 0 aliphatic carbocycles. The van der Waals surface area contributed by atoms with Crippen molar-refractivity contribution in [2.75, 3.05) is 28.4 Å². The summed E-state index contributed by atoms with van der Waals surface area (Å²) in [6, 6.07) is 17.7. The maximum absolute atomic E-state index is 13.1. The first-order valence-corrected chi connectivity index (χ1v) is 12.6. The Morgan fingerprint density at radius 1 is 0.829 bits per heavy atom. The zero-order chi connectivity index (χ0) is 24.8. The van der Waals surface area contributed by atoms with Crippen molar-refractivity contribution in [2.24, 2.45) is 0 Å². The fourth-order valence-electron chi connectivity index (χ4n) is 3.71. The Morgan fingerprint density at radius 2 is 1.43 bits per heavy atom. The van der Waals surface area contributed by atoms with Crippen molar-refractivity contribution in [3.05, 3.63) is 84.2 Å². The highest BCUT2D eigenvalue weighted by Crippen LogP contribution is 2.23. The van der Waals surface area contributed by atoms with Crippen LogP contribution < -0.4 is 15.4 Å². The average Bonchev–Trinajstić information content (AvgIpc) is 3.37. The van der Waals surface area contributed by atoms with Crippen LogP contribution in [0.5, 0.6) is 0 Å². The van der Waals surface area contributed by atoms with E-state index in [1.807, 2.05) is 0 Å². The summed E-state index contributed by atoms with van der Waals surface area (Å²) in [6.07, 6.45) is 2.02. The topological polar surface area (TPSA) is 108 Å². The van der Waals surface area contributed by atoms with Crippen molar-refractivity contribution in [1.82, 2.24) is 4.90 Å². The number of nitrogens with zero attached hydrogens (tertiary/aromatic N) is 1. The standard InChI is InChI=1S/C25H25FN4O4S/c26-19-9-13-21(14-10-19)35(33,34)29-20-11-7-18(8-12-20)17-24(31)27-22-5-1-2-6-23(22)28-25(32)30-15-3-4-16-30/h1-2,5-14,29H,3-4,15-17H2,(H,27,31)(H,28,32). The maximum Gasteiger partial charge on any atom is 0.321 e. The average molecular weight is 497 g/mol. The Bertz CT molecular complexity index is 1310. The van der Waals surface area contributed by atoms with Gasteiger partial charge in [0.2, 0.25) is 5.91 Å². The number of amides is 3. The predicted octanol–water partition coefficient (Wildman–Crippen LogP) is 4.44. The summed E-state index contributed by atoms with van der Waals surface area (Å²) in [5, 5.41) is 5.67. The molecule has 0 aromatic heterocycles. The molecule has 182 valence electrons. The molecular weight excluding hydrogens is 471 g/mol. The van der Waals surface area contributed by atoms with Crippen LogP contribution in [0.4, 0.5) is 26.2 Å². The predicted molar refractivity (Wildman–Crippen MR) is 132 cm³/mol. The number of para-hydroxylation sites is 2. The summed E-state index contributed by atoms with van der Waals surface area (Å²) in [5.41, 5.74) is 2.00. The lowest BCUT2D eigenvalue weighted by Gasteiger charge is -2.18. The van der Waals surface area contributed by atoms with E-state index >= 15 is 0 Å². The van der Waals surface area contributed by atoms with E-state index in [1.54, 1.807) is 53.4 Å². The van der Waals surface area contributed by atoms with Crippen LogP contribution >= 0.6 is 0 Å². The number of rotatable bonds is 7. The van der Waals surface area contributed by atoms with Crippen LogP contribution in [0.1, 0.15) is 18.4 Å². The molecule has 10 heteroatoms. The molecule has 0 saturated carbocycles. The van der Waals surface area contributed by atoms with Gasteiger partial charge in [-0.1, -0.05) is 24.3 Å². The molecule has 0 spiro atoms. The highest BCUT2D eigenvalue weighted by molar-refractivity contribution is 7.92. The molecule has 3 aromatic carbocycles. The van der Waals surface area contributed by atoms with E-state index in [9.17, 15) is 22.4 Å². The van der Waals surface area contributed by atoms with Gasteiger partial charge in [0.15, 0.2) is 0 Å². The zero-order valence-corrected chi connectivity index (χ0v) is 19.6. The van der Waals surface area contributed by atoms with Gasteiger partial charge in [0.1, 0.15) is 5.82 Å². The van der Waals surface area contributed by atoms with Gasteiger partial charge in [-0.2, -0.15) is 0 Å². The molecule has 0 radical (unpaired) electrons. The number of sulfonamides is 1. The molecule has 0 bridgehead atoms. The minimum atomic E-state index is -3.86. The number of hydrogen-bond donors (Lipinski definition) is 3. The lowest BCUT2D eigenvalue weighted by molar-refractivity contribution is -0.115. The second kappa shape index (κ2) is 10.6. The lowest BCUT2D eigenvalue weighted by atomic mass is 10.1. The molecule has 1 fully saturated rings. The number of benzene rings is 3. The smallest absolute Gasteiger partial charge is 0.321 e. The number of halogens is 1. The molecule has 1 saturated heterocycles. The molecule has 3 aromatic rings. The number of likely N-dealkylation sites (tertiary alicyclic amines) is 1. The minimum Gasteiger partial charge on any atom is -0.325 e. The van der Waals surface area contributed by atoms with Gasteiger partial charge in [0, 0.05) is 18.8 Å². The summed E-state index contributed by atoms with van der Waals surface area (Å²) in [4.78, 5) is 26.7. The van der Waals surface area contributed by atoms with Gasteiger partial charge in [0.05, 0.1) is 22.7 Å². The van der Waals surface area contributed by atoms with Crippen molar-refractivity contribution in [1.29, 1.82) is 0 Å². The summed E-state index contributed by atoms with van der Waals surface area (Å²) in [6.45, 7) is 1.44. The largest absolute Gasteiger partial charge is 0.325 e. The van der Waals surface area contributed by atoms with Crippen molar-refractivity contribution in [2.45, 2.75) is 24.2 Å². The van der Waals surface area contributed by atoms with Gasteiger partial charge in [-0.15, -0.1) is 0 Å². The second-order valence-electron chi connectivity index (χ2n) is 8.15. The number of nitrogens with one attached hydrogen (secondary N) is 3. The third-order valence-corrected chi connectivity index (χ3v) is 6.93. The Kier molecular flexibility index (Phi) is 7.31. The molecule has 0 unspecified atom stereocenters. The lowest BCUT2D eigenvalue weighted by Crippen LogP contribution is -2.32. The van der Waals surface area contributed by atoms with Gasteiger partial charge in [-0.25, -0.2) is 17.6 Å². The van der Waals surface area contributed by atoms with Gasteiger partial charge in [-0.3, -0.25) is 9.52 Å². The number of hydrogen-bond acceptors (Lipinski definition) is 4. The van der Waals surface area contributed by atoms with Crippen LogP contribution in [0.3, 0.4) is 0 Å². The Labute approximate surface area is 203 Å². The Balaban J connectivity index is 1.36. The first-order chi connectivity index (χ1) is 16.8. The number of anilines is 3. The molecule has 1 heterocycles. The highest BCUT2D eigenvalue weighted by atomic mass is 32.2. The highest BCUT2D eigenvalue weighted by Gasteiger charge is 2.19. The summed E-state index contributed by atoms with van der Waals surface area (Å²) < 4.78 is 40.4. The molecule has 1 aliphatic rings. The summed E-state index contributed by atoms with van der Waals surface area (Å²) in [7, 11) is -3.86. The van der Waals surface area contributed by atoms with E-state index in [0.717, 1.165) is 38.1 Å². The molecule has 4 rings (SSSR count). The maximum atomic E-state index is 13.1. The first kappa shape index (κ1) is 24.2. The van der Waals surface area contributed by atoms with Crippen LogP contribution in [0, 0.1) is 5.82 Å². The van der Waals surface area contributed by atoms with E-state index in [0.29, 0.717) is 22.6 Å². The molecule has 3 amide bonds. The third kappa shape index (κ3) is 6.36. The Morgan fingerprint density at radius 3 is 2.06 bits per heavy atom.